The number of carbonyl (C=O) groups is 2. The summed E-state index contributed by atoms with van der Waals surface area (Å²) in [5.41, 5.74) is 2.54. The average molecular weight is 503 g/mol. The Balaban J connectivity index is 1.43. The van der Waals surface area contributed by atoms with Crippen LogP contribution in [0.2, 0.25) is 0 Å². The number of para-hydroxylation sites is 1. The van der Waals surface area contributed by atoms with Gasteiger partial charge in [0.1, 0.15) is 4.83 Å². The fourth-order valence-electron chi connectivity index (χ4n) is 5.11. The number of anilines is 1. The molecule has 0 unspecified atom stereocenters. The third kappa shape index (κ3) is 3.97. The molecule has 5 heterocycles. The van der Waals surface area contributed by atoms with E-state index in [0.717, 1.165) is 53.6 Å². The number of nitrogens with one attached hydrogen (secondary N) is 3. The highest BCUT2D eigenvalue weighted by Crippen LogP contribution is 2.38. The van der Waals surface area contributed by atoms with Crippen molar-refractivity contribution in [3.05, 3.63) is 53.2 Å². The topological polar surface area (TPSA) is 123 Å². The standard InChI is InChI=1S/C26H26N6O3S/c33-11-8-27-13-15-5-9-32(10-6-15)26-29-19-4-2-1-3-17(19)22(30-26)21-20(23(34)31-24(21)35)18-14-28-25-16(18)7-12-36-25/h1-4,7,12,14-15,27-28,33H,5-6,8-11,13H2,(H,31,34,35). The Labute approximate surface area is 211 Å². The molecule has 6 rings (SSSR count). The van der Waals surface area contributed by atoms with Crippen molar-refractivity contribution in [1.29, 1.82) is 0 Å². The lowest BCUT2D eigenvalue weighted by atomic mass is 9.96. The summed E-state index contributed by atoms with van der Waals surface area (Å²) in [5, 5.41) is 18.4. The lowest BCUT2D eigenvalue weighted by Crippen LogP contribution is -2.38. The fourth-order valence-corrected chi connectivity index (χ4v) is 5.88. The van der Waals surface area contributed by atoms with E-state index in [0.29, 0.717) is 35.2 Å². The van der Waals surface area contributed by atoms with Gasteiger partial charge in [-0.1, -0.05) is 18.2 Å². The first kappa shape index (κ1) is 22.8. The number of hydrogen-bond acceptors (Lipinski definition) is 8. The maximum atomic E-state index is 13.2. The summed E-state index contributed by atoms with van der Waals surface area (Å²) >= 11 is 1.55. The number of rotatable bonds is 7. The van der Waals surface area contributed by atoms with E-state index in [9.17, 15) is 9.59 Å². The lowest BCUT2D eigenvalue weighted by Gasteiger charge is -2.32. The summed E-state index contributed by atoms with van der Waals surface area (Å²) in [5.74, 6) is 0.242. The second-order valence-electron chi connectivity index (χ2n) is 9.15. The lowest BCUT2D eigenvalue weighted by molar-refractivity contribution is -0.122. The number of benzene rings is 1. The minimum atomic E-state index is -0.442. The molecule has 1 fully saturated rings. The Morgan fingerprint density at radius 2 is 1.86 bits per heavy atom. The molecule has 1 aromatic carbocycles. The first-order chi connectivity index (χ1) is 17.6. The molecule has 1 saturated heterocycles. The van der Waals surface area contributed by atoms with Crippen molar-refractivity contribution in [3.63, 3.8) is 0 Å². The van der Waals surface area contributed by atoms with Crippen molar-refractivity contribution in [1.82, 2.24) is 25.6 Å². The van der Waals surface area contributed by atoms with Gasteiger partial charge in [-0.15, -0.1) is 11.3 Å². The number of aromatic nitrogens is 3. The predicted octanol–water partition coefficient (Wildman–Crippen LogP) is 2.54. The summed E-state index contributed by atoms with van der Waals surface area (Å²) in [6.45, 7) is 3.22. The second-order valence-corrected chi connectivity index (χ2v) is 10.1. The number of imide groups is 1. The third-order valence-electron chi connectivity index (χ3n) is 6.95. The number of aromatic amines is 1. The molecule has 0 radical (unpaired) electrons. The Kier molecular flexibility index (Phi) is 6.00. The van der Waals surface area contributed by atoms with E-state index in [1.807, 2.05) is 35.7 Å². The van der Waals surface area contributed by atoms with E-state index in [-0.39, 0.29) is 12.2 Å². The molecular weight excluding hydrogens is 476 g/mol. The molecule has 9 nitrogen and oxygen atoms in total. The van der Waals surface area contributed by atoms with Crippen molar-refractivity contribution in [3.8, 4) is 0 Å². The summed E-state index contributed by atoms with van der Waals surface area (Å²) in [4.78, 5) is 42.2. The second kappa shape index (κ2) is 9.45. The van der Waals surface area contributed by atoms with Crippen LogP contribution in [0.15, 0.2) is 41.9 Å². The van der Waals surface area contributed by atoms with E-state index < -0.39 is 11.8 Å². The van der Waals surface area contributed by atoms with Gasteiger partial charge in [0.25, 0.3) is 11.8 Å². The number of nitrogens with zero attached hydrogens (tertiary/aromatic N) is 3. The molecule has 0 saturated carbocycles. The normalized spacial score (nSPS) is 17.1. The Bertz CT molecular complexity index is 1500. The zero-order chi connectivity index (χ0) is 24.6. The largest absolute Gasteiger partial charge is 0.395 e. The number of hydrogen-bond donors (Lipinski definition) is 4. The third-order valence-corrected chi connectivity index (χ3v) is 7.80. The fraction of sp³-hybridized carbons (Fsp3) is 0.308. The Hall–Kier alpha value is -3.60. The molecule has 10 heteroatoms. The molecule has 36 heavy (non-hydrogen) atoms. The minimum Gasteiger partial charge on any atom is -0.395 e. The number of aliphatic hydroxyl groups excluding tert-OH is 1. The average Bonchev–Trinajstić information content (AvgIpc) is 3.59. The van der Waals surface area contributed by atoms with Crippen LogP contribution in [0.4, 0.5) is 5.95 Å². The van der Waals surface area contributed by atoms with Crippen molar-refractivity contribution in [2.24, 2.45) is 5.92 Å². The van der Waals surface area contributed by atoms with Crippen LogP contribution in [-0.4, -0.2) is 64.7 Å². The summed E-state index contributed by atoms with van der Waals surface area (Å²) in [7, 11) is 0. The SMILES string of the molecule is O=C1NC(=O)C(c2c[nH]c3sccc23)=C1c1nc(N2CCC(CNCCO)CC2)nc2ccccc12. The van der Waals surface area contributed by atoms with Gasteiger partial charge in [0, 0.05) is 42.2 Å². The van der Waals surface area contributed by atoms with Crippen LogP contribution in [0.1, 0.15) is 24.1 Å². The maximum absolute atomic E-state index is 13.2. The number of fused-ring (bicyclic) bond motifs is 2. The van der Waals surface area contributed by atoms with Gasteiger partial charge in [0.2, 0.25) is 5.95 Å². The van der Waals surface area contributed by atoms with Crippen molar-refractivity contribution in [2.45, 2.75) is 12.8 Å². The number of piperidine rings is 1. The summed E-state index contributed by atoms with van der Waals surface area (Å²) in [6, 6.07) is 9.57. The van der Waals surface area contributed by atoms with Crippen molar-refractivity contribution >= 4 is 61.4 Å². The van der Waals surface area contributed by atoms with Gasteiger partial charge in [-0.3, -0.25) is 14.9 Å². The summed E-state index contributed by atoms with van der Waals surface area (Å²) in [6.07, 6.45) is 3.75. The van der Waals surface area contributed by atoms with Crippen LogP contribution in [-0.2, 0) is 9.59 Å². The van der Waals surface area contributed by atoms with E-state index in [4.69, 9.17) is 15.1 Å². The number of carbonyl (C=O) groups excluding carboxylic acids is 2. The van der Waals surface area contributed by atoms with E-state index in [1.54, 1.807) is 17.5 Å². The number of amides is 2. The number of thiophene rings is 1. The smallest absolute Gasteiger partial charge is 0.261 e. The molecule has 4 aromatic rings. The van der Waals surface area contributed by atoms with Gasteiger partial charge in [-0.25, -0.2) is 9.97 Å². The quantitative estimate of drug-likeness (QED) is 0.226. The highest BCUT2D eigenvalue weighted by atomic mass is 32.1. The Morgan fingerprint density at radius 1 is 1.06 bits per heavy atom. The molecule has 0 atom stereocenters. The molecule has 0 aliphatic carbocycles. The van der Waals surface area contributed by atoms with E-state index in [1.165, 1.54) is 0 Å². The van der Waals surface area contributed by atoms with Crippen LogP contribution in [0, 0.1) is 5.92 Å². The van der Waals surface area contributed by atoms with Crippen LogP contribution in [0.3, 0.4) is 0 Å². The minimum absolute atomic E-state index is 0.140. The van der Waals surface area contributed by atoms with Gasteiger partial charge < -0.3 is 20.3 Å². The van der Waals surface area contributed by atoms with Gasteiger partial charge in [0.15, 0.2) is 0 Å². The van der Waals surface area contributed by atoms with Gasteiger partial charge in [-0.2, -0.15) is 0 Å². The molecule has 2 aliphatic rings. The molecule has 184 valence electrons. The molecule has 2 amide bonds. The van der Waals surface area contributed by atoms with E-state index in [2.05, 4.69) is 20.5 Å². The number of aliphatic hydroxyl groups is 1. The first-order valence-electron chi connectivity index (χ1n) is 12.1. The van der Waals surface area contributed by atoms with Gasteiger partial charge in [0.05, 0.1) is 29.0 Å². The highest BCUT2D eigenvalue weighted by molar-refractivity contribution is 7.16. The summed E-state index contributed by atoms with van der Waals surface area (Å²) < 4.78 is 0. The maximum Gasteiger partial charge on any atom is 0.261 e. The first-order valence-corrected chi connectivity index (χ1v) is 13.0. The van der Waals surface area contributed by atoms with Crippen molar-refractivity contribution < 1.29 is 14.7 Å². The van der Waals surface area contributed by atoms with Crippen LogP contribution in [0.5, 0.6) is 0 Å². The molecule has 4 N–H and O–H groups in total. The van der Waals surface area contributed by atoms with E-state index >= 15 is 0 Å². The van der Waals surface area contributed by atoms with Gasteiger partial charge in [-0.05, 0) is 42.8 Å². The van der Waals surface area contributed by atoms with Crippen LogP contribution >= 0.6 is 11.3 Å². The molecule has 2 aliphatic heterocycles. The van der Waals surface area contributed by atoms with Gasteiger partial charge >= 0.3 is 0 Å². The highest BCUT2D eigenvalue weighted by Gasteiger charge is 2.36. The monoisotopic (exact) mass is 502 g/mol. The van der Waals surface area contributed by atoms with Crippen LogP contribution < -0.4 is 15.5 Å². The Morgan fingerprint density at radius 3 is 2.69 bits per heavy atom. The van der Waals surface area contributed by atoms with Crippen molar-refractivity contribution in [2.75, 3.05) is 37.7 Å². The van der Waals surface area contributed by atoms with Crippen LogP contribution in [0.25, 0.3) is 32.3 Å². The predicted molar refractivity (Wildman–Crippen MR) is 141 cm³/mol. The zero-order valence-corrected chi connectivity index (χ0v) is 20.4. The molecule has 0 bridgehead atoms. The number of H-pyrrole nitrogens is 1. The molecule has 0 spiro atoms. The molecular formula is C26H26N6O3S. The molecule has 3 aromatic heterocycles. The zero-order valence-electron chi connectivity index (χ0n) is 19.6.